The first-order valence-electron chi connectivity index (χ1n) is 7.62. The van der Waals surface area contributed by atoms with Gasteiger partial charge in [-0.3, -0.25) is 0 Å². The second-order valence-electron chi connectivity index (χ2n) is 6.10. The third-order valence-electron chi connectivity index (χ3n) is 4.46. The van der Waals surface area contributed by atoms with Crippen LogP contribution >= 0.6 is 11.6 Å². The molecule has 4 nitrogen and oxygen atoms in total. The number of alkyl halides is 1. The van der Waals surface area contributed by atoms with E-state index in [-0.39, 0.29) is 5.38 Å². The molecule has 1 aliphatic rings. The highest BCUT2D eigenvalue weighted by atomic mass is 35.5. The van der Waals surface area contributed by atoms with Crippen molar-refractivity contribution in [3.63, 3.8) is 0 Å². The molecule has 2 heterocycles. The fourth-order valence-corrected chi connectivity index (χ4v) is 3.63. The van der Waals surface area contributed by atoms with Gasteiger partial charge in [-0.1, -0.05) is 6.92 Å². The molecule has 1 aliphatic carbocycles. The number of imidazole rings is 1. The molecular weight excluding hydrogens is 272 g/mol. The van der Waals surface area contributed by atoms with Gasteiger partial charge >= 0.3 is 0 Å². The van der Waals surface area contributed by atoms with E-state index in [0.717, 1.165) is 35.1 Å². The average molecular weight is 295 g/mol. The molecular formula is C15H23ClN4. The molecule has 20 heavy (non-hydrogen) atoms. The molecule has 1 saturated carbocycles. The zero-order chi connectivity index (χ0) is 14.4. The van der Waals surface area contributed by atoms with E-state index in [9.17, 15) is 0 Å². The highest BCUT2D eigenvalue weighted by Crippen LogP contribution is 2.39. The van der Waals surface area contributed by atoms with E-state index in [1.165, 1.54) is 19.3 Å². The Morgan fingerprint density at radius 2 is 2.15 bits per heavy atom. The Morgan fingerprint density at radius 1 is 1.40 bits per heavy atom. The minimum absolute atomic E-state index is 0.0667. The monoisotopic (exact) mass is 294 g/mol. The second kappa shape index (κ2) is 5.06. The van der Waals surface area contributed by atoms with Gasteiger partial charge in [-0.15, -0.1) is 11.6 Å². The number of nitrogens with zero attached hydrogens (tertiary/aromatic N) is 4. The van der Waals surface area contributed by atoms with Gasteiger partial charge in [0.25, 0.3) is 0 Å². The lowest BCUT2D eigenvalue weighted by Crippen LogP contribution is -2.13. The fraction of sp³-hybridized carbons (Fsp3) is 0.733. The molecule has 0 saturated heterocycles. The SMILES string of the molecule is CCn1nc(C)c2nc(C(C)Cl)n(C3CCC(C)C3)c21. The van der Waals surface area contributed by atoms with E-state index in [1.54, 1.807) is 0 Å². The Kier molecular flexibility index (Phi) is 3.53. The van der Waals surface area contributed by atoms with Crippen LogP contribution in [0.15, 0.2) is 0 Å². The summed E-state index contributed by atoms with van der Waals surface area (Å²) in [5, 5.41) is 4.54. The molecule has 2 aromatic rings. The first-order chi connectivity index (χ1) is 9.52. The van der Waals surface area contributed by atoms with Gasteiger partial charge < -0.3 is 4.57 Å². The number of hydrogen-bond acceptors (Lipinski definition) is 2. The molecule has 0 N–H and O–H groups in total. The van der Waals surface area contributed by atoms with E-state index >= 15 is 0 Å². The molecule has 110 valence electrons. The summed E-state index contributed by atoms with van der Waals surface area (Å²) in [6, 6.07) is 0.521. The van der Waals surface area contributed by atoms with Crippen molar-refractivity contribution in [3.05, 3.63) is 11.5 Å². The predicted octanol–water partition coefficient (Wildman–Crippen LogP) is 4.22. The Labute approximate surface area is 125 Å². The van der Waals surface area contributed by atoms with Crippen LogP contribution in [0.4, 0.5) is 0 Å². The van der Waals surface area contributed by atoms with E-state index in [1.807, 2.05) is 13.8 Å². The molecule has 3 unspecified atom stereocenters. The molecule has 0 aliphatic heterocycles. The Morgan fingerprint density at radius 3 is 2.70 bits per heavy atom. The summed E-state index contributed by atoms with van der Waals surface area (Å²) in [5.74, 6) is 1.79. The van der Waals surface area contributed by atoms with Crippen LogP contribution in [0.2, 0.25) is 0 Å². The van der Waals surface area contributed by atoms with Gasteiger partial charge in [-0.2, -0.15) is 5.10 Å². The molecule has 0 radical (unpaired) electrons. The summed E-state index contributed by atoms with van der Waals surface area (Å²) in [7, 11) is 0. The maximum absolute atomic E-state index is 6.39. The van der Waals surface area contributed by atoms with E-state index < -0.39 is 0 Å². The van der Waals surface area contributed by atoms with Crippen LogP contribution in [-0.2, 0) is 6.54 Å². The van der Waals surface area contributed by atoms with Gasteiger partial charge in [0, 0.05) is 12.6 Å². The molecule has 1 fully saturated rings. The minimum Gasteiger partial charge on any atom is -0.309 e. The zero-order valence-corrected chi connectivity index (χ0v) is 13.5. The molecule has 5 heteroatoms. The van der Waals surface area contributed by atoms with Gasteiger partial charge in [0.05, 0.1) is 11.1 Å². The first kappa shape index (κ1) is 13.9. The van der Waals surface area contributed by atoms with Crippen LogP contribution in [0.1, 0.15) is 63.0 Å². The molecule has 3 rings (SSSR count). The lowest BCUT2D eigenvalue weighted by atomic mass is 10.1. The standard InChI is InChI=1S/C15H23ClN4/c1-5-19-15-13(11(4)18-19)17-14(10(3)16)20(15)12-7-6-9(2)8-12/h9-10,12H,5-8H2,1-4H3. The lowest BCUT2D eigenvalue weighted by Gasteiger charge is -2.18. The average Bonchev–Trinajstić information content (AvgIpc) is 3.04. The highest BCUT2D eigenvalue weighted by Gasteiger charge is 2.30. The summed E-state index contributed by atoms with van der Waals surface area (Å²) in [6.07, 6.45) is 3.73. The first-order valence-corrected chi connectivity index (χ1v) is 8.05. The van der Waals surface area contributed by atoms with E-state index in [4.69, 9.17) is 16.6 Å². The predicted molar refractivity (Wildman–Crippen MR) is 82.2 cm³/mol. The van der Waals surface area contributed by atoms with Gasteiger partial charge in [0.15, 0.2) is 5.65 Å². The van der Waals surface area contributed by atoms with Crippen molar-refractivity contribution in [2.24, 2.45) is 5.92 Å². The van der Waals surface area contributed by atoms with Crippen molar-refractivity contribution in [2.45, 2.75) is 64.9 Å². The summed E-state index contributed by atoms with van der Waals surface area (Å²) < 4.78 is 4.45. The lowest BCUT2D eigenvalue weighted by molar-refractivity contribution is 0.475. The summed E-state index contributed by atoms with van der Waals surface area (Å²) in [5.41, 5.74) is 3.19. The Balaban J connectivity index is 2.22. The van der Waals surface area contributed by atoms with Crippen molar-refractivity contribution in [1.82, 2.24) is 19.3 Å². The number of aryl methyl sites for hydroxylation is 2. The van der Waals surface area contributed by atoms with E-state index in [0.29, 0.717) is 6.04 Å². The smallest absolute Gasteiger partial charge is 0.159 e. The third kappa shape index (κ3) is 2.05. The van der Waals surface area contributed by atoms with Crippen molar-refractivity contribution >= 4 is 22.8 Å². The van der Waals surface area contributed by atoms with Crippen LogP contribution in [0, 0.1) is 12.8 Å². The Hall–Kier alpha value is -1.03. The number of halogens is 1. The van der Waals surface area contributed by atoms with Crippen LogP contribution < -0.4 is 0 Å². The maximum atomic E-state index is 6.39. The maximum Gasteiger partial charge on any atom is 0.159 e. The minimum atomic E-state index is -0.0667. The van der Waals surface area contributed by atoms with Crippen LogP contribution in [-0.4, -0.2) is 19.3 Å². The number of hydrogen-bond donors (Lipinski definition) is 0. The van der Waals surface area contributed by atoms with Crippen LogP contribution in [0.5, 0.6) is 0 Å². The fourth-order valence-electron chi connectivity index (χ4n) is 3.48. The van der Waals surface area contributed by atoms with Gasteiger partial charge in [0.1, 0.15) is 11.3 Å². The van der Waals surface area contributed by atoms with E-state index in [2.05, 4.69) is 28.2 Å². The summed E-state index contributed by atoms with van der Waals surface area (Å²) >= 11 is 6.39. The van der Waals surface area contributed by atoms with Crippen LogP contribution in [0.25, 0.3) is 11.2 Å². The molecule has 0 amide bonds. The quantitative estimate of drug-likeness (QED) is 0.795. The van der Waals surface area contributed by atoms with Crippen molar-refractivity contribution in [2.75, 3.05) is 0 Å². The topological polar surface area (TPSA) is 35.6 Å². The largest absolute Gasteiger partial charge is 0.309 e. The van der Waals surface area contributed by atoms with Gasteiger partial charge in [-0.25, -0.2) is 9.67 Å². The summed E-state index contributed by atoms with van der Waals surface area (Å²) in [6.45, 7) is 9.38. The second-order valence-corrected chi connectivity index (χ2v) is 6.76. The molecule has 0 bridgehead atoms. The number of aromatic nitrogens is 4. The molecule has 0 aromatic carbocycles. The highest BCUT2D eigenvalue weighted by molar-refractivity contribution is 6.20. The molecule has 0 spiro atoms. The van der Waals surface area contributed by atoms with Crippen LogP contribution in [0.3, 0.4) is 0 Å². The summed E-state index contributed by atoms with van der Waals surface area (Å²) in [4.78, 5) is 4.80. The number of fused-ring (bicyclic) bond motifs is 1. The van der Waals surface area contributed by atoms with Crippen molar-refractivity contribution in [1.29, 1.82) is 0 Å². The van der Waals surface area contributed by atoms with Gasteiger partial charge in [0.2, 0.25) is 0 Å². The normalized spacial score (nSPS) is 24.6. The third-order valence-corrected chi connectivity index (χ3v) is 4.65. The zero-order valence-electron chi connectivity index (χ0n) is 12.7. The van der Waals surface area contributed by atoms with Crippen molar-refractivity contribution in [3.8, 4) is 0 Å². The molecule has 3 atom stereocenters. The van der Waals surface area contributed by atoms with Crippen molar-refractivity contribution < 1.29 is 0 Å². The molecule has 2 aromatic heterocycles. The Bertz CT molecular complexity index is 625. The van der Waals surface area contributed by atoms with Gasteiger partial charge in [-0.05, 0) is 46.0 Å². The number of rotatable bonds is 3.